The first kappa shape index (κ1) is 16.4. The number of hydrogen-bond acceptors (Lipinski definition) is 2. The quantitative estimate of drug-likeness (QED) is 0.872. The van der Waals surface area contributed by atoms with Gasteiger partial charge in [0.15, 0.2) is 0 Å². The Labute approximate surface area is 136 Å². The van der Waals surface area contributed by atoms with Gasteiger partial charge in [0.25, 0.3) is 0 Å². The molecule has 1 unspecified atom stereocenters. The third-order valence-electron chi connectivity index (χ3n) is 3.59. The molecule has 0 aliphatic rings. The summed E-state index contributed by atoms with van der Waals surface area (Å²) in [5.41, 5.74) is 2.10. The van der Waals surface area contributed by atoms with E-state index in [1.54, 1.807) is 0 Å². The van der Waals surface area contributed by atoms with E-state index in [2.05, 4.69) is 5.32 Å². The summed E-state index contributed by atoms with van der Waals surface area (Å²) in [4.78, 5) is 14.3. The molecule has 3 nitrogen and oxygen atoms in total. The third-order valence-corrected chi connectivity index (χ3v) is 3.84. The van der Waals surface area contributed by atoms with E-state index < -0.39 is 0 Å². The molecule has 0 aromatic heterocycles. The Hall–Kier alpha value is -2.00. The molecule has 0 radical (unpaired) electrons. The van der Waals surface area contributed by atoms with Gasteiger partial charge in [0, 0.05) is 17.3 Å². The van der Waals surface area contributed by atoms with Gasteiger partial charge in [0.2, 0.25) is 5.91 Å². The maximum Gasteiger partial charge on any atom is 0.239 e. The van der Waals surface area contributed by atoms with Gasteiger partial charge in [-0.2, -0.15) is 0 Å². The fourth-order valence-corrected chi connectivity index (χ4v) is 2.45. The second-order valence-electron chi connectivity index (χ2n) is 5.19. The molecule has 0 aliphatic heterocycles. The van der Waals surface area contributed by atoms with Crippen LogP contribution in [0.2, 0.25) is 5.02 Å². The lowest BCUT2D eigenvalue weighted by atomic mass is 10.1. The van der Waals surface area contributed by atoms with Crippen molar-refractivity contribution in [2.75, 3.05) is 18.0 Å². The minimum Gasteiger partial charge on any atom is -0.363 e. The molecule has 2 aromatic rings. The number of carbonyl (C=O) groups excluding carboxylic acids is 1. The maximum atomic E-state index is 12.3. The van der Waals surface area contributed by atoms with Crippen LogP contribution >= 0.6 is 11.6 Å². The van der Waals surface area contributed by atoms with Crippen LogP contribution in [0, 0.1) is 0 Å². The van der Waals surface area contributed by atoms with Crippen LogP contribution in [0.3, 0.4) is 0 Å². The lowest BCUT2D eigenvalue weighted by molar-refractivity contribution is -0.120. The molecule has 0 spiro atoms. The molecular weight excluding hydrogens is 296 g/mol. The summed E-state index contributed by atoms with van der Waals surface area (Å²) in [7, 11) is 0. The lowest BCUT2D eigenvalue weighted by Gasteiger charge is -2.23. The van der Waals surface area contributed by atoms with Crippen molar-refractivity contribution in [3.05, 3.63) is 65.2 Å². The second-order valence-corrected chi connectivity index (χ2v) is 5.63. The highest BCUT2D eigenvalue weighted by atomic mass is 35.5. The average molecular weight is 317 g/mol. The number of hydrogen-bond donors (Lipinski definition) is 1. The summed E-state index contributed by atoms with van der Waals surface area (Å²) in [6.07, 6.45) is 0. The van der Waals surface area contributed by atoms with Gasteiger partial charge in [-0.1, -0.05) is 41.9 Å². The second kappa shape index (κ2) is 7.85. The van der Waals surface area contributed by atoms with Gasteiger partial charge in [-0.25, -0.2) is 0 Å². The topological polar surface area (TPSA) is 32.3 Å². The van der Waals surface area contributed by atoms with E-state index in [4.69, 9.17) is 11.6 Å². The van der Waals surface area contributed by atoms with Crippen molar-refractivity contribution < 1.29 is 4.79 Å². The van der Waals surface area contributed by atoms with E-state index >= 15 is 0 Å². The van der Waals surface area contributed by atoms with Crippen molar-refractivity contribution in [2.24, 2.45) is 0 Å². The first-order valence-corrected chi connectivity index (χ1v) is 7.82. The molecule has 116 valence electrons. The summed E-state index contributed by atoms with van der Waals surface area (Å²) in [6.45, 7) is 5.15. The number of anilines is 1. The van der Waals surface area contributed by atoms with E-state index in [0.29, 0.717) is 11.6 Å². The van der Waals surface area contributed by atoms with Gasteiger partial charge in [-0.05, 0) is 43.7 Å². The number of halogens is 1. The number of nitrogens with one attached hydrogen (secondary N) is 1. The predicted octanol–water partition coefficient (Wildman–Crippen LogP) is 4.04. The molecule has 0 aliphatic carbocycles. The van der Waals surface area contributed by atoms with Crippen LogP contribution in [0.5, 0.6) is 0 Å². The summed E-state index contributed by atoms with van der Waals surface area (Å²) < 4.78 is 0. The van der Waals surface area contributed by atoms with Crippen molar-refractivity contribution >= 4 is 23.2 Å². The van der Waals surface area contributed by atoms with Crippen molar-refractivity contribution in [2.45, 2.75) is 19.9 Å². The number of benzene rings is 2. The van der Waals surface area contributed by atoms with Crippen LogP contribution in [0.1, 0.15) is 25.5 Å². The van der Waals surface area contributed by atoms with Gasteiger partial charge in [-0.3, -0.25) is 4.79 Å². The highest BCUT2D eigenvalue weighted by Gasteiger charge is 2.13. The fourth-order valence-electron chi connectivity index (χ4n) is 2.32. The maximum absolute atomic E-state index is 12.3. The first-order valence-electron chi connectivity index (χ1n) is 7.45. The van der Waals surface area contributed by atoms with E-state index in [1.807, 2.05) is 73.3 Å². The Morgan fingerprint density at radius 3 is 2.36 bits per heavy atom. The molecule has 0 bridgehead atoms. The molecule has 1 amide bonds. The highest BCUT2D eigenvalue weighted by Crippen LogP contribution is 2.16. The summed E-state index contributed by atoms with van der Waals surface area (Å²) in [6, 6.07) is 17.4. The van der Waals surface area contributed by atoms with E-state index in [-0.39, 0.29) is 11.9 Å². The predicted molar refractivity (Wildman–Crippen MR) is 92.3 cm³/mol. The highest BCUT2D eigenvalue weighted by molar-refractivity contribution is 6.30. The molecule has 0 fully saturated rings. The van der Waals surface area contributed by atoms with Gasteiger partial charge >= 0.3 is 0 Å². The Bertz CT molecular complexity index is 598. The van der Waals surface area contributed by atoms with E-state index in [1.165, 1.54) is 0 Å². The monoisotopic (exact) mass is 316 g/mol. The van der Waals surface area contributed by atoms with Crippen molar-refractivity contribution in [3.8, 4) is 0 Å². The van der Waals surface area contributed by atoms with Crippen LogP contribution in [0.4, 0.5) is 5.69 Å². The Morgan fingerprint density at radius 2 is 1.77 bits per heavy atom. The van der Waals surface area contributed by atoms with Crippen LogP contribution in [0.25, 0.3) is 0 Å². The number of amides is 1. The fraction of sp³-hybridized carbons (Fsp3) is 0.278. The number of nitrogens with zero attached hydrogens (tertiary/aromatic N) is 1. The summed E-state index contributed by atoms with van der Waals surface area (Å²) in [5, 5.41) is 3.72. The Kier molecular flexibility index (Phi) is 5.84. The molecule has 2 rings (SSSR count). The normalized spacial score (nSPS) is 11.8. The van der Waals surface area contributed by atoms with Crippen molar-refractivity contribution in [3.63, 3.8) is 0 Å². The SMILES string of the molecule is CCN(CC(=O)NC(C)c1ccc(Cl)cc1)c1ccccc1. The van der Waals surface area contributed by atoms with Gasteiger partial charge in [0.05, 0.1) is 12.6 Å². The zero-order valence-electron chi connectivity index (χ0n) is 12.9. The van der Waals surface area contributed by atoms with Crippen LogP contribution < -0.4 is 10.2 Å². The molecule has 0 saturated carbocycles. The van der Waals surface area contributed by atoms with Gasteiger partial charge in [0.1, 0.15) is 0 Å². The minimum atomic E-state index is -0.0424. The third kappa shape index (κ3) is 4.50. The molecule has 0 saturated heterocycles. The van der Waals surface area contributed by atoms with Crippen molar-refractivity contribution in [1.82, 2.24) is 5.32 Å². The summed E-state index contributed by atoms with van der Waals surface area (Å²) in [5.74, 6) is 0.00755. The van der Waals surface area contributed by atoms with Crippen LogP contribution in [-0.4, -0.2) is 19.0 Å². The standard InChI is InChI=1S/C18H21ClN2O/c1-3-21(17-7-5-4-6-8-17)13-18(22)20-14(2)15-9-11-16(19)12-10-15/h4-12,14H,3,13H2,1-2H3,(H,20,22). The molecule has 4 heteroatoms. The molecular formula is C18H21ClN2O. The first-order chi connectivity index (χ1) is 10.6. The molecule has 22 heavy (non-hydrogen) atoms. The van der Waals surface area contributed by atoms with E-state index in [0.717, 1.165) is 17.8 Å². The lowest BCUT2D eigenvalue weighted by Crippen LogP contribution is -2.38. The molecule has 0 heterocycles. The Balaban J connectivity index is 1.95. The zero-order valence-corrected chi connectivity index (χ0v) is 13.7. The van der Waals surface area contributed by atoms with Crippen LogP contribution in [-0.2, 0) is 4.79 Å². The van der Waals surface area contributed by atoms with Crippen LogP contribution in [0.15, 0.2) is 54.6 Å². The van der Waals surface area contributed by atoms with Crippen molar-refractivity contribution in [1.29, 1.82) is 0 Å². The Morgan fingerprint density at radius 1 is 1.14 bits per heavy atom. The van der Waals surface area contributed by atoms with E-state index in [9.17, 15) is 4.79 Å². The average Bonchev–Trinajstić information content (AvgIpc) is 2.54. The smallest absolute Gasteiger partial charge is 0.239 e. The zero-order chi connectivity index (χ0) is 15.9. The number of likely N-dealkylation sites (N-methyl/N-ethyl adjacent to an activating group) is 1. The number of carbonyl (C=O) groups is 1. The minimum absolute atomic E-state index is 0.00755. The number of para-hydroxylation sites is 1. The number of rotatable bonds is 6. The van der Waals surface area contributed by atoms with Gasteiger partial charge in [-0.15, -0.1) is 0 Å². The largest absolute Gasteiger partial charge is 0.363 e. The molecule has 1 atom stereocenters. The molecule has 1 N–H and O–H groups in total. The summed E-state index contributed by atoms with van der Waals surface area (Å²) >= 11 is 5.88. The molecule has 2 aromatic carbocycles. The van der Waals surface area contributed by atoms with Gasteiger partial charge < -0.3 is 10.2 Å².